The van der Waals surface area contributed by atoms with E-state index in [1.807, 2.05) is 6.92 Å². The van der Waals surface area contributed by atoms with E-state index >= 15 is 0 Å². The second-order valence-electron chi connectivity index (χ2n) is 4.91. The summed E-state index contributed by atoms with van der Waals surface area (Å²) in [6, 6.07) is 9.20. The lowest BCUT2D eigenvalue weighted by molar-refractivity contribution is 0.684. The van der Waals surface area contributed by atoms with Gasteiger partial charge in [0.1, 0.15) is 11.7 Å². The van der Waals surface area contributed by atoms with Gasteiger partial charge >= 0.3 is 0 Å². The summed E-state index contributed by atoms with van der Waals surface area (Å²) in [5.74, 6) is 0.791. The van der Waals surface area contributed by atoms with E-state index in [1.165, 1.54) is 23.9 Å². The zero-order valence-corrected chi connectivity index (χ0v) is 10.1. The number of nitriles is 1. The third-order valence-electron chi connectivity index (χ3n) is 3.37. The molecule has 3 heteroatoms. The first-order valence-corrected chi connectivity index (χ1v) is 6.09. The fourth-order valence-electron chi connectivity index (χ4n) is 2.31. The summed E-state index contributed by atoms with van der Waals surface area (Å²) in [5, 5.41) is 9.09. The standard InChI is InChI=1S/C14H15N3/c1-9-3-6-13-12(7-9)16-14(10(2)8-15)17(13)11-4-5-11/h3,6-7,10-11H,4-5H2,1-2H3. The SMILES string of the molecule is Cc1ccc2c(c1)nc(C(C)C#N)n2C1CC1. The zero-order chi connectivity index (χ0) is 12.0. The Balaban J connectivity index is 2.27. The van der Waals surface area contributed by atoms with Gasteiger partial charge in [-0.1, -0.05) is 6.07 Å². The summed E-state index contributed by atoms with van der Waals surface area (Å²) in [7, 11) is 0. The van der Waals surface area contributed by atoms with Gasteiger partial charge < -0.3 is 4.57 Å². The average molecular weight is 225 g/mol. The van der Waals surface area contributed by atoms with Crippen LogP contribution in [0.5, 0.6) is 0 Å². The van der Waals surface area contributed by atoms with E-state index in [0.717, 1.165) is 11.3 Å². The molecule has 1 aliphatic rings. The van der Waals surface area contributed by atoms with E-state index in [1.54, 1.807) is 0 Å². The van der Waals surface area contributed by atoms with E-state index in [0.29, 0.717) is 6.04 Å². The van der Waals surface area contributed by atoms with Gasteiger partial charge in [-0.25, -0.2) is 4.98 Å². The van der Waals surface area contributed by atoms with Crippen molar-refractivity contribution in [1.29, 1.82) is 5.26 Å². The minimum Gasteiger partial charge on any atom is -0.324 e. The number of benzene rings is 1. The van der Waals surface area contributed by atoms with Crippen molar-refractivity contribution < 1.29 is 0 Å². The van der Waals surface area contributed by atoms with Gasteiger partial charge in [-0.15, -0.1) is 0 Å². The summed E-state index contributed by atoms with van der Waals surface area (Å²) in [6.45, 7) is 4.00. The van der Waals surface area contributed by atoms with Crippen molar-refractivity contribution in [3.8, 4) is 6.07 Å². The number of aryl methyl sites for hydroxylation is 1. The highest BCUT2D eigenvalue weighted by Gasteiger charge is 2.29. The lowest BCUT2D eigenvalue weighted by Gasteiger charge is -2.08. The maximum atomic E-state index is 9.09. The molecule has 1 aromatic carbocycles. The molecule has 1 aromatic heterocycles. The van der Waals surface area contributed by atoms with E-state index in [-0.39, 0.29) is 5.92 Å². The number of fused-ring (bicyclic) bond motifs is 1. The lowest BCUT2D eigenvalue weighted by Crippen LogP contribution is -2.04. The number of imidazole rings is 1. The van der Waals surface area contributed by atoms with Crippen molar-refractivity contribution in [2.45, 2.75) is 38.6 Å². The smallest absolute Gasteiger partial charge is 0.127 e. The van der Waals surface area contributed by atoms with E-state index in [4.69, 9.17) is 5.26 Å². The fourth-order valence-corrected chi connectivity index (χ4v) is 2.31. The molecule has 0 radical (unpaired) electrons. The van der Waals surface area contributed by atoms with E-state index in [9.17, 15) is 0 Å². The Labute approximate surface area is 101 Å². The van der Waals surface area contributed by atoms with Crippen molar-refractivity contribution in [1.82, 2.24) is 9.55 Å². The first-order valence-electron chi connectivity index (χ1n) is 6.09. The topological polar surface area (TPSA) is 41.6 Å². The van der Waals surface area contributed by atoms with Crippen LogP contribution in [-0.2, 0) is 0 Å². The van der Waals surface area contributed by atoms with Gasteiger partial charge in [0.05, 0.1) is 17.1 Å². The van der Waals surface area contributed by atoms with Gasteiger partial charge in [0.15, 0.2) is 0 Å². The fraction of sp³-hybridized carbons (Fsp3) is 0.429. The second kappa shape index (κ2) is 3.59. The Kier molecular flexibility index (Phi) is 2.19. The Morgan fingerprint density at radius 3 is 2.88 bits per heavy atom. The molecule has 1 saturated carbocycles. The second-order valence-corrected chi connectivity index (χ2v) is 4.91. The summed E-state index contributed by atoms with van der Waals surface area (Å²) in [6.07, 6.45) is 2.43. The van der Waals surface area contributed by atoms with Gasteiger partial charge in [0.2, 0.25) is 0 Å². The lowest BCUT2D eigenvalue weighted by atomic mass is 10.2. The number of nitrogens with zero attached hydrogens (tertiary/aromatic N) is 3. The van der Waals surface area contributed by atoms with Crippen LogP contribution in [0, 0.1) is 18.3 Å². The Morgan fingerprint density at radius 2 is 2.24 bits per heavy atom. The molecule has 3 rings (SSSR count). The minimum absolute atomic E-state index is 0.136. The molecule has 1 fully saturated rings. The van der Waals surface area contributed by atoms with Crippen molar-refractivity contribution >= 4 is 11.0 Å². The monoisotopic (exact) mass is 225 g/mol. The van der Waals surface area contributed by atoms with Crippen molar-refractivity contribution in [3.05, 3.63) is 29.6 Å². The van der Waals surface area contributed by atoms with Gasteiger partial charge in [-0.2, -0.15) is 5.26 Å². The summed E-state index contributed by atoms with van der Waals surface area (Å²) >= 11 is 0. The highest BCUT2D eigenvalue weighted by atomic mass is 15.1. The predicted molar refractivity (Wildman–Crippen MR) is 66.8 cm³/mol. The molecule has 0 saturated heterocycles. The molecule has 2 aromatic rings. The van der Waals surface area contributed by atoms with Crippen LogP contribution in [0.1, 0.15) is 43.1 Å². The summed E-state index contributed by atoms with van der Waals surface area (Å²) in [4.78, 5) is 4.65. The number of hydrogen-bond donors (Lipinski definition) is 0. The number of rotatable bonds is 2. The van der Waals surface area contributed by atoms with Crippen LogP contribution in [0.2, 0.25) is 0 Å². The van der Waals surface area contributed by atoms with Crippen LogP contribution < -0.4 is 0 Å². The van der Waals surface area contributed by atoms with Gasteiger partial charge in [0, 0.05) is 6.04 Å². The van der Waals surface area contributed by atoms with Crippen LogP contribution >= 0.6 is 0 Å². The highest BCUT2D eigenvalue weighted by Crippen LogP contribution is 2.40. The first-order chi connectivity index (χ1) is 8.20. The van der Waals surface area contributed by atoms with Crippen molar-refractivity contribution in [2.75, 3.05) is 0 Å². The molecule has 0 N–H and O–H groups in total. The first kappa shape index (κ1) is 10.3. The maximum Gasteiger partial charge on any atom is 0.127 e. The molecule has 0 spiro atoms. The summed E-state index contributed by atoms with van der Waals surface area (Å²) < 4.78 is 2.27. The summed E-state index contributed by atoms with van der Waals surface area (Å²) in [5.41, 5.74) is 3.42. The van der Waals surface area contributed by atoms with Gasteiger partial charge in [-0.3, -0.25) is 0 Å². The third kappa shape index (κ3) is 1.61. The zero-order valence-electron chi connectivity index (χ0n) is 10.1. The molecule has 17 heavy (non-hydrogen) atoms. The van der Waals surface area contributed by atoms with Crippen LogP contribution in [0.3, 0.4) is 0 Å². The molecule has 0 amide bonds. The average Bonchev–Trinajstić information content (AvgIpc) is 3.09. The number of aromatic nitrogens is 2. The van der Waals surface area contributed by atoms with E-state index in [2.05, 4.69) is 40.7 Å². The molecular formula is C14H15N3. The van der Waals surface area contributed by atoms with Crippen LogP contribution in [-0.4, -0.2) is 9.55 Å². The predicted octanol–water partition coefficient (Wildman–Crippen LogP) is 3.31. The highest BCUT2D eigenvalue weighted by molar-refractivity contribution is 5.77. The minimum atomic E-state index is -0.136. The molecule has 1 unspecified atom stereocenters. The molecule has 3 nitrogen and oxygen atoms in total. The van der Waals surface area contributed by atoms with Crippen LogP contribution in [0.25, 0.3) is 11.0 Å². The maximum absolute atomic E-state index is 9.09. The molecule has 1 heterocycles. The number of hydrogen-bond acceptors (Lipinski definition) is 2. The van der Waals surface area contributed by atoms with Crippen molar-refractivity contribution in [3.63, 3.8) is 0 Å². The molecule has 86 valence electrons. The van der Waals surface area contributed by atoms with Gasteiger partial charge in [0.25, 0.3) is 0 Å². The van der Waals surface area contributed by atoms with Crippen LogP contribution in [0.4, 0.5) is 0 Å². The van der Waals surface area contributed by atoms with Crippen LogP contribution in [0.15, 0.2) is 18.2 Å². The van der Waals surface area contributed by atoms with Crippen molar-refractivity contribution in [2.24, 2.45) is 0 Å². The quantitative estimate of drug-likeness (QED) is 0.786. The molecule has 1 atom stereocenters. The van der Waals surface area contributed by atoms with E-state index < -0.39 is 0 Å². The normalized spacial score (nSPS) is 17.0. The Morgan fingerprint density at radius 1 is 1.47 bits per heavy atom. The molecule has 0 aliphatic heterocycles. The molecular weight excluding hydrogens is 210 g/mol. The largest absolute Gasteiger partial charge is 0.324 e. The molecule has 1 aliphatic carbocycles. The van der Waals surface area contributed by atoms with Gasteiger partial charge in [-0.05, 0) is 44.4 Å². The Hall–Kier alpha value is -1.82. The molecule has 0 bridgehead atoms. The third-order valence-corrected chi connectivity index (χ3v) is 3.37. The Bertz CT molecular complexity index is 614.